The van der Waals surface area contributed by atoms with E-state index < -0.39 is 5.15 Å². The van der Waals surface area contributed by atoms with Crippen LogP contribution >= 0.6 is 18.5 Å². The third-order valence-corrected chi connectivity index (χ3v) is 2.24. The first-order valence-electron chi connectivity index (χ1n) is 3.72. The van der Waals surface area contributed by atoms with Crippen LogP contribution in [0.1, 0.15) is 25.5 Å². The average Bonchev–Trinajstić information content (AvgIpc) is 2.30. The van der Waals surface area contributed by atoms with E-state index in [9.17, 15) is 4.39 Å². The minimum Gasteiger partial charge on any atom is -0.270 e. The van der Waals surface area contributed by atoms with Crippen LogP contribution in [0.4, 0.5) is 4.39 Å². The molecule has 0 aromatic carbocycles. The molecule has 0 aliphatic rings. The van der Waals surface area contributed by atoms with Crippen molar-refractivity contribution < 1.29 is 4.39 Å². The minimum atomic E-state index is -1.45. The third kappa shape index (κ3) is 2.24. The fourth-order valence-corrected chi connectivity index (χ4v) is 1.12. The molecule has 0 spiro atoms. The van der Waals surface area contributed by atoms with Crippen molar-refractivity contribution in [3.8, 4) is 0 Å². The summed E-state index contributed by atoms with van der Waals surface area (Å²) in [5.41, 5.74) is 0.561. The molecule has 5 heteroatoms. The number of rotatable bonds is 2. The molecular formula is C7H13FN2P2. The Balaban J connectivity index is 2.92. The van der Waals surface area contributed by atoms with Crippen molar-refractivity contribution in [1.82, 2.24) is 9.78 Å². The summed E-state index contributed by atoms with van der Waals surface area (Å²) in [4.78, 5) is 0. The van der Waals surface area contributed by atoms with Gasteiger partial charge in [0.25, 0.3) is 0 Å². The van der Waals surface area contributed by atoms with E-state index >= 15 is 0 Å². The van der Waals surface area contributed by atoms with Gasteiger partial charge in [-0.05, 0) is 13.8 Å². The van der Waals surface area contributed by atoms with E-state index in [1.807, 2.05) is 13.8 Å². The number of halogens is 1. The normalized spacial score (nSPS) is 12.5. The summed E-state index contributed by atoms with van der Waals surface area (Å²) in [6.07, 6.45) is 3.25. The Bertz CT molecular complexity index is 265. The van der Waals surface area contributed by atoms with Gasteiger partial charge in [-0.25, -0.2) is 4.39 Å². The Hall–Kier alpha value is -0.0000000000000000555. The van der Waals surface area contributed by atoms with Gasteiger partial charge in [-0.2, -0.15) is 5.10 Å². The van der Waals surface area contributed by atoms with Gasteiger partial charge in [-0.3, -0.25) is 4.68 Å². The monoisotopic (exact) mass is 206 g/mol. The van der Waals surface area contributed by atoms with Gasteiger partial charge in [-0.15, -0.1) is 0 Å². The Morgan fingerprint density at radius 2 is 2.17 bits per heavy atom. The van der Waals surface area contributed by atoms with Crippen LogP contribution in [0.5, 0.6) is 0 Å². The number of hydrogen-bond donors (Lipinski definition) is 0. The van der Waals surface area contributed by atoms with Gasteiger partial charge in [-0.1, -0.05) is 18.5 Å². The van der Waals surface area contributed by atoms with Crippen molar-refractivity contribution in [2.24, 2.45) is 0 Å². The molecule has 1 aromatic rings. The van der Waals surface area contributed by atoms with E-state index in [4.69, 9.17) is 0 Å². The number of nitrogens with zero attached hydrogens (tertiary/aromatic N) is 2. The van der Waals surface area contributed by atoms with Crippen LogP contribution < -0.4 is 0 Å². The number of hydrogen-bond acceptors (Lipinski definition) is 1. The van der Waals surface area contributed by atoms with Crippen molar-refractivity contribution in [3.63, 3.8) is 0 Å². The Morgan fingerprint density at radius 3 is 2.42 bits per heavy atom. The number of aromatic nitrogens is 2. The van der Waals surface area contributed by atoms with E-state index in [1.165, 1.54) is 0 Å². The summed E-state index contributed by atoms with van der Waals surface area (Å²) in [7, 11) is 4.24. The molecule has 0 aliphatic heterocycles. The van der Waals surface area contributed by atoms with Crippen LogP contribution in [0.3, 0.4) is 0 Å². The number of alkyl halides is 1. The topological polar surface area (TPSA) is 17.8 Å². The lowest BCUT2D eigenvalue weighted by atomic mass is 10.4. The zero-order chi connectivity index (χ0) is 9.35. The standard InChI is InChI=1S/C7H13FN2P2/c1-5(2)10-4-6(3-9-10)7(8,11)12/h3-5H,11-12H2,1-2H3. The highest BCUT2D eigenvalue weighted by atomic mass is 31.1. The van der Waals surface area contributed by atoms with Crippen molar-refractivity contribution in [3.05, 3.63) is 18.0 Å². The molecule has 2 atom stereocenters. The molecule has 1 heterocycles. The first-order chi connectivity index (χ1) is 5.41. The molecule has 68 valence electrons. The quantitative estimate of drug-likeness (QED) is 0.679. The minimum absolute atomic E-state index is 0.274. The van der Waals surface area contributed by atoms with Crippen molar-refractivity contribution in [2.75, 3.05) is 0 Å². The fraction of sp³-hybridized carbons (Fsp3) is 0.571. The lowest BCUT2D eigenvalue weighted by molar-refractivity contribution is 0.422. The van der Waals surface area contributed by atoms with Gasteiger partial charge in [0.15, 0.2) is 5.15 Å². The second kappa shape index (κ2) is 3.40. The molecule has 0 fully saturated rings. The van der Waals surface area contributed by atoms with Gasteiger partial charge in [0, 0.05) is 17.8 Å². The lowest BCUT2D eigenvalue weighted by Crippen LogP contribution is -2.01. The van der Waals surface area contributed by atoms with E-state index in [1.54, 1.807) is 17.1 Å². The summed E-state index contributed by atoms with van der Waals surface area (Å²) >= 11 is 0. The lowest BCUT2D eigenvalue weighted by Gasteiger charge is -2.10. The fourth-order valence-electron chi connectivity index (χ4n) is 0.818. The summed E-state index contributed by atoms with van der Waals surface area (Å²) in [5.74, 6) is 0. The molecule has 2 nitrogen and oxygen atoms in total. The highest BCUT2D eigenvalue weighted by Crippen LogP contribution is 2.39. The van der Waals surface area contributed by atoms with Crippen LogP contribution in [0.2, 0.25) is 0 Å². The summed E-state index contributed by atoms with van der Waals surface area (Å²) < 4.78 is 15.0. The molecule has 12 heavy (non-hydrogen) atoms. The van der Waals surface area contributed by atoms with E-state index in [-0.39, 0.29) is 6.04 Å². The Kier molecular flexibility index (Phi) is 2.85. The Labute approximate surface area is 76.3 Å². The van der Waals surface area contributed by atoms with Gasteiger partial charge < -0.3 is 0 Å². The van der Waals surface area contributed by atoms with Crippen LogP contribution in [0, 0.1) is 0 Å². The predicted octanol–water partition coefficient (Wildman–Crippen LogP) is 2.29. The predicted molar refractivity (Wildman–Crippen MR) is 54.8 cm³/mol. The molecule has 0 radical (unpaired) electrons. The SMILES string of the molecule is CC(C)n1cc(C(F)(P)P)cn1. The van der Waals surface area contributed by atoms with Gasteiger partial charge in [0.1, 0.15) is 0 Å². The van der Waals surface area contributed by atoms with E-state index in [0.29, 0.717) is 5.56 Å². The largest absolute Gasteiger partial charge is 0.270 e. The molecule has 0 saturated carbocycles. The molecule has 1 aromatic heterocycles. The van der Waals surface area contributed by atoms with Crippen molar-refractivity contribution >= 4 is 18.5 Å². The van der Waals surface area contributed by atoms with E-state index in [0.717, 1.165) is 0 Å². The van der Waals surface area contributed by atoms with Gasteiger partial charge >= 0.3 is 0 Å². The maximum atomic E-state index is 13.3. The highest BCUT2D eigenvalue weighted by Gasteiger charge is 2.21. The van der Waals surface area contributed by atoms with Gasteiger partial charge in [0.2, 0.25) is 0 Å². The molecule has 0 aliphatic carbocycles. The second-order valence-corrected chi connectivity index (χ2v) is 5.42. The molecule has 0 amide bonds. The van der Waals surface area contributed by atoms with Crippen molar-refractivity contribution in [2.45, 2.75) is 25.0 Å². The average molecular weight is 206 g/mol. The Morgan fingerprint density at radius 1 is 1.58 bits per heavy atom. The second-order valence-electron chi connectivity index (χ2n) is 3.07. The van der Waals surface area contributed by atoms with Crippen LogP contribution in [-0.2, 0) is 5.15 Å². The molecule has 0 N–H and O–H groups in total. The van der Waals surface area contributed by atoms with Crippen LogP contribution in [0.15, 0.2) is 12.4 Å². The van der Waals surface area contributed by atoms with E-state index in [2.05, 4.69) is 23.6 Å². The maximum absolute atomic E-state index is 13.3. The third-order valence-electron chi connectivity index (χ3n) is 1.57. The van der Waals surface area contributed by atoms with Gasteiger partial charge in [0.05, 0.1) is 6.20 Å². The first kappa shape index (κ1) is 10.1. The molecule has 1 rings (SSSR count). The summed E-state index contributed by atoms with van der Waals surface area (Å²) in [6.45, 7) is 4.00. The summed E-state index contributed by atoms with van der Waals surface area (Å²) in [6, 6.07) is 0.274. The molecular weight excluding hydrogens is 193 g/mol. The molecule has 0 bridgehead atoms. The molecule has 2 unspecified atom stereocenters. The highest BCUT2D eigenvalue weighted by molar-refractivity contribution is 7.38. The summed E-state index contributed by atoms with van der Waals surface area (Å²) in [5, 5.41) is 2.58. The maximum Gasteiger partial charge on any atom is 0.163 e. The first-order valence-corrected chi connectivity index (χ1v) is 4.88. The molecule has 0 saturated heterocycles. The zero-order valence-corrected chi connectivity index (χ0v) is 9.47. The van der Waals surface area contributed by atoms with Crippen LogP contribution in [0.25, 0.3) is 0 Å². The van der Waals surface area contributed by atoms with Crippen molar-refractivity contribution in [1.29, 1.82) is 0 Å². The zero-order valence-electron chi connectivity index (χ0n) is 7.16. The van der Waals surface area contributed by atoms with Crippen LogP contribution in [-0.4, -0.2) is 9.78 Å². The smallest absolute Gasteiger partial charge is 0.163 e.